The molecule has 2 heterocycles. The molecule has 0 spiro atoms. The Hall–Kier alpha value is -2.05. The van der Waals surface area contributed by atoms with Gasteiger partial charge < -0.3 is 9.64 Å². The van der Waals surface area contributed by atoms with E-state index in [0.29, 0.717) is 0 Å². The van der Waals surface area contributed by atoms with Crippen molar-refractivity contribution in [2.75, 3.05) is 27.7 Å². The molecule has 0 bridgehead atoms. The topological polar surface area (TPSA) is 41.5 Å². The van der Waals surface area contributed by atoms with Crippen LogP contribution in [0.3, 0.4) is 0 Å². The first-order valence-electron chi connectivity index (χ1n) is 8.60. The second-order valence-corrected chi connectivity index (χ2v) is 6.74. The van der Waals surface area contributed by atoms with E-state index in [1.54, 1.807) is 6.07 Å². The molecular formula is C19H25FN4O. The normalized spacial score (nSPS) is 18.0. The highest BCUT2D eigenvalue weighted by molar-refractivity contribution is 5.30. The molecule has 0 aliphatic carbocycles. The molecule has 134 valence electrons. The maximum absolute atomic E-state index is 13.6. The SMILES string of the molecule is COc1cc(CN2CCC[C@H]2c2nccc(CN(C)C)n2)ccc1F. The highest BCUT2D eigenvalue weighted by Crippen LogP contribution is 2.32. The Labute approximate surface area is 148 Å². The third-order valence-corrected chi connectivity index (χ3v) is 4.47. The second kappa shape index (κ2) is 7.89. The highest BCUT2D eigenvalue weighted by Gasteiger charge is 2.28. The molecule has 0 amide bonds. The van der Waals surface area contributed by atoms with Gasteiger partial charge in [0.1, 0.15) is 5.82 Å². The van der Waals surface area contributed by atoms with Gasteiger partial charge in [-0.25, -0.2) is 14.4 Å². The number of methoxy groups -OCH3 is 1. The molecule has 6 heteroatoms. The molecule has 25 heavy (non-hydrogen) atoms. The van der Waals surface area contributed by atoms with E-state index < -0.39 is 0 Å². The molecular weight excluding hydrogens is 319 g/mol. The predicted octanol–water partition coefficient (Wildman–Crippen LogP) is 3.02. The van der Waals surface area contributed by atoms with Gasteiger partial charge in [0.05, 0.1) is 18.8 Å². The fourth-order valence-corrected chi connectivity index (χ4v) is 3.33. The Bertz CT molecular complexity index is 722. The molecule has 2 aromatic rings. The number of ether oxygens (including phenoxy) is 1. The summed E-state index contributed by atoms with van der Waals surface area (Å²) in [6.07, 6.45) is 4.01. The molecule has 0 unspecified atom stereocenters. The fraction of sp³-hybridized carbons (Fsp3) is 0.474. The molecule has 0 saturated carbocycles. The van der Waals surface area contributed by atoms with Gasteiger partial charge in [-0.3, -0.25) is 4.90 Å². The van der Waals surface area contributed by atoms with Gasteiger partial charge in [0, 0.05) is 19.3 Å². The van der Waals surface area contributed by atoms with Crippen molar-refractivity contribution in [1.82, 2.24) is 19.8 Å². The lowest BCUT2D eigenvalue weighted by atomic mass is 10.1. The van der Waals surface area contributed by atoms with Gasteiger partial charge in [-0.1, -0.05) is 6.07 Å². The molecule has 5 nitrogen and oxygen atoms in total. The van der Waals surface area contributed by atoms with Crippen LogP contribution in [-0.2, 0) is 13.1 Å². The lowest BCUT2D eigenvalue weighted by Gasteiger charge is -2.24. The van der Waals surface area contributed by atoms with Crippen LogP contribution in [0, 0.1) is 5.82 Å². The molecule has 1 aromatic heterocycles. The summed E-state index contributed by atoms with van der Waals surface area (Å²) in [5.74, 6) is 0.840. The van der Waals surface area contributed by atoms with Gasteiger partial charge in [-0.05, 0) is 57.2 Å². The first-order valence-corrected chi connectivity index (χ1v) is 8.60. The zero-order valence-corrected chi connectivity index (χ0v) is 15.1. The number of rotatable bonds is 6. The van der Waals surface area contributed by atoms with Crippen LogP contribution in [0.5, 0.6) is 5.75 Å². The smallest absolute Gasteiger partial charge is 0.165 e. The van der Waals surface area contributed by atoms with Gasteiger partial charge in [0.2, 0.25) is 0 Å². The van der Waals surface area contributed by atoms with Crippen LogP contribution in [0.2, 0.25) is 0 Å². The van der Waals surface area contributed by atoms with Crippen LogP contribution in [-0.4, -0.2) is 47.5 Å². The van der Waals surface area contributed by atoms with Crippen molar-refractivity contribution in [2.24, 2.45) is 0 Å². The molecule has 1 saturated heterocycles. The average molecular weight is 344 g/mol. The minimum atomic E-state index is -0.330. The minimum absolute atomic E-state index is 0.207. The van der Waals surface area contributed by atoms with E-state index >= 15 is 0 Å². The molecule has 1 aliphatic heterocycles. The standard InChI is InChI=1S/C19H25FN4O/c1-23(2)13-15-8-9-21-19(22-15)17-5-4-10-24(17)12-14-6-7-16(20)18(11-14)25-3/h6-9,11,17H,4-5,10,12-13H2,1-3H3/t17-/m0/s1. The van der Waals surface area contributed by atoms with E-state index in [4.69, 9.17) is 9.72 Å². The molecule has 3 rings (SSSR count). The third kappa shape index (κ3) is 4.32. The van der Waals surface area contributed by atoms with Crippen molar-refractivity contribution in [2.45, 2.75) is 32.0 Å². The van der Waals surface area contributed by atoms with E-state index in [1.165, 1.54) is 13.2 Å². The Kier molecular flexibility index (Phi) is 5.60. The van der Waals surface area contributed by atoms with Crippen molar-refractivity contribution in [1.29, 1.82) is 0 Å². The van der Waals surface area contributed by atoms with E-state index in [0.717, 1.165) is 49.6 Å². The van der Waals surface area contributed by atoms with Crippen molar-refractivity contribution < 1.29 is 9.13 Å². The predicted molar refractivity (Wildman–Crippen MR) is 94.8 cm³/mol. The zero-order chi connectivity index (χ0) is 17.8. The summed E-state index contributed by atoms with van der Waals surface area (Å²) in [6.45, 7) is 2.53. The summed E-state index contributed by atoms with van der Waals surface area (Å²) in [6, 6.07) is 7.23. The summed E-state index contributed by atoms with van der Waals surface area (Å²) in [5, 5.41) is 0. The summed E-state index contributed by atoms with van der Waals surface area (Å²) >= 11 is 0. The van der Waals surface area contributed by atoms with Crippen LogP contribution in [0.15, 0.2) is 30.5 Å². The lowest BCUT2D eigenvalue weighted by molar-refractivity contribution is 0.238. The van der Waals surface area contributed by atoms with Gasteiger partial charge >= 0.3 is 0 Å². The van der Waals surface area contributed by atoms with E-state index in [9.17, 15) is 4.39 Å². The van der Waals surface area contributed by atoms with Crippen LogP contribution >= 0.6 is 0 Å². The number of hydrogen-bond donors (Lipinski definition) is 0. The summed E-state index contributed by atoms with van der Waals surface area (Å²) < 4.78 is 18.7. The number of likely N-dealkylation sites (tertiary alicyclic amines) is 1. The van der Waals surface area contributed by atoms with Crippen molar-refractivity contribution >= 4 is 0 Å². The summed E-state index contributed by atoms with van der Waals surface area (Å²) in [7, 11) is 5.56. The molecule has 1 aromatic carbocycles. The first-order chi connectivity index (χ1) is 12.1. The number of halogens is 1. The zero-order valence-electron chi connectivity index (χ0n) is 15.1. The highest BCUT2D eigenvalue weighted by atomic mass is 19.1. The number of hydrogen-bond acceptors (Lipinski definition) is 5. The Morgan fingerprint density at radius 3 is 2.92 bits per heavy atom. The van der Waals surface area contributed by atoms with Gasteiger partial charge in [0.25, 0.3) is 0 Å². The molecule has 0 N–H and O–H groups in total. The van der Waals surface area contributed by atoms with Crippen LogP contribution in [0.25, 0.3) is 0 Å². The number of aromatic nitrogens is 2. The quantitative estimate of drug-likeness (QED) is 0.806. The Morgan fingerprint density at radius 1 is 1.32 bits per heavy atom. The maximum Gasteiger partial charge on any atom is 0.165 e. The largest absolute Gasteiger partial charge is 0.494 e. The number of benzene rings is 1. The van der Waals surface area contributed by atoms with Crippen LogP contribution < -0.4 is 4.74 Å². The second-order valence-electron chi connectivity index (χ2n) is 6.74. The van der Waals surface area contributed by atoms with Crippen LogP contribution in [0.1, 0.15) is 36.0 Å². The Balaban J connectivity index is 1.76. The monoisotopic (exact) mass is 344 g/mol. The average Bonchev–Trinajstić information content (AvgIpc) is 3.04. The van der Waals surface area contributed by atoms with Crippen molar-refractivity contribution in [3.8, 4) is 5.75 Å². The van der Waals surface area contributed by atoms with Gasteiger partial charge in [-0.2, -0.15) is 0 Å². The lowest BCUT2D eigenvalue weighted by Crippen LogP contribution is -2.25. The van der Waals surface area contributed by atoms with E-state index in [1.807, 2.05) is 32.4 Å². The minimum Gasteiger partial charge on any atom is -0.494 e. The molecule has 0 radical (unpaired) electrons. The van der Waals surface area contributed by atoms with Gasteiger partial charge in [0.15, 0.2) is 11.6 Å². The Morgan fingerprint density at radius 2 is 2.16 bits per heavy atom. The summed E-state index contributed by atoms with van der Waals surface area (Å²) in [5.41, 5.74) is 2.07. The fourth-order valence-electron chi connectivity index (χ4n) is 3.33. The van der Waals surface area contributed by atoms with Crippen LogP contribution in [0.4, 0.5) is 4.39 Å². The van der Waals surface area contributed by atoms with E-state index in [2.05, 4.69) is 14.8 Å². The molecule has 1 atom stereocenters. The molecule has 1 aliphatic rings. The third-order valence-electron chi connectivity index (χ3n) is 4.47. The van der Waals surface area contributed by atoms with Gasteiger partial charge in [-0.15, -0.1) is 0 Å². The van der Waals surface area contributed by atoms with Crippen molar-refractivity contribution in [3.63, 3.8) is 0 Å². The maximum atomic E-state index is 13.6. The number of nitrogens with zero attached hydrogens (tertiary/aromatic N) is 4. The summed E-state index contributed by atoms with van der Waals surface area (Å²) in [4.78, 5) is 13.7. The first kappa shape index (κ1) is 17.8. The van der Waals surface area contributed by atoms with E-state index in [-0.39, 0.29) is 17.6 Å². The van der Waals surface area contributed by atoms with Crippen molar-refractivity contribution in [3.05, 3.63) is 53.4 Å². The molecule has 1 fully saturated rings.